The Balaban J connectivity index is 1.64. The van der Waals surface area contributed by atoms with Crippen LogP contribution < -0.4 is 5.43 Å². The zero-order chi connectivity index (χ0) is 21.5. The number of nitrogens with zero attached hydrogens (tertiary/aromatic N) is 4. The lowest BCUT2D eigenvalue weighted by atomic mass is 10.1. The van der Waals surface area contributed by atoms with Gasteiger partial charge in [0.2, 0.25) is 0 Å². The van der Waals surface area contributed by atoms with E-state index in [1.165, 1.54) is 11.8 Å². The van der Waals surface area contributed by atoms with Crippen LogP contribution in [0.15, 0.2) is 58.8 Å². The number of benzene rings is 2. The Labute approximate surface area is 184 Å². The molecule has 3 rings (SSSR count). The highest BCUT2D eigenvalue weighted by atomic mass is 35.5. The quantitative estimate of drug-likeness (QED) is 0.307. The van der Waals surface area contributed by atoms with Gasteiger partial charge >= 0.3 is 0 Å². The number of phenolic OH excluding ortho intramolecular Hbond substituents is 1. The lowest BCUT2D eigenvalue weighted by Crippen LogP contribution is -2.22. The van der Waals surface area contributed by atoms with Crippen LogP contribution in [-0.2, 0) is 11.3 Å². The smallest absolute Gasteiger partial charge is 0.250 e. The summed E-state index contributed by atoms with van der Waals surface area (Å²) in [6.45, 7) is 4.63. The molecule has 0 bridgehead atoms. The van der Waals surface area contributed by atoms with Gasteiger partial charge in [-0.2, -0.15) is 5.10 Å². The summed E-state index contributed by atoms with van der Waals surface area (Å²) in [7, 11) is 0. The molecule has 1 heterocycles. The van der Waals surface area contributed by atoms with Gasteiger partial charge in [0.15, 0.2) is 11.0 Å². The van der Waals surface area contributed by atoms with Crippen molar-refractivity contribution in [2.24, 2.45) is 5.10 Å². The monoisotopic (exact) mass is 443 g/mol. The van der Waals surface area contributed by atoms with E-state index in [9.17, 15) is 9.90 Å². The normalized spacial score (nSPS) is 11.5. The molecule has 0 aliphatic heterocycles. The number of halogens is 1. The van der Waals surface area contributed by atoms with Crippen molar-refractivity contribution < 1.29 is 9.90 Å². The number of amides is 1. The molecule has 2 N–H and O–H groups in total. The van der Waals surface area contributed by atoms with E-state index in [1.807, 2.05) is 42.7 Å². The van der Waals surface area contributed by atoms with Gasteiger partial charge in [-0.05, 0) is 67.4 Å². The average molecular weight is 444 g/mol. The summed E-state index contributed by atoms with van der Waals surface area (Å²) in [5, 5.41) is 23.4. The van der Waals surface area contributed by atoms with Crippen molar-refractivity contribution in [1.29, 1.82) is 0 Å². The van der Waals surface area contributed by atoms with E-state index < -0.39 is 0 Å². The summed E-state index contributed by atoms with van der Waals surface area (Å²) >= 11 is 7.26. The maximum Gasteiger partial charge on any atom is 0.250 e. The molecule has 1 amide bonds. The highest BCUT2D eigenvalue weighted by Crippen LogP contribution is 2.25. The topological polar surface area (TPSA) is 92.4 Å². The Morgan fingerprint density at radius 3 is 2.47 bits per heavy atom. The predicted octanol–water partition coefficient (Wildman–Crippen LogP) is 4.35. The summed E-state index contributed by atoms with van der Waals surface area (Å²) < 4.78 is 1.96. The average Bonchev–Trinajstić information content (AvgIpc) is 3.17. The number of hydrazone groups is 1. The molecule has 0 unspecified atom stereocenters. The third kappa shape index (κ3) is 5.40. The van der Waals surface area contributed by atoms with E-state index in [0.29, 0.717) is 23.1 Å². The zero-order valence-electron chi connectivity index (χ0n) is 16.7. The van der Waals surface area contributed by atoms with Gasteiger partial charge in [0.05, 0.1) is 11.5 Å². The van der Waals surface area contributed by atoms with E-state index in [0.717, 1.165) is 22.7 Å². The SMILES string of the molecule is CC/C(=N/NC(=O)CSc1nnc(-c2ccc(Cl)cc2)n1CC)c1ccc(O)cc1. The number of hydrogen-bond donors (Lipinski definition) is 2. The maximum atomic E-state index is 12.3. The Hall–Kier alpha value is -2.84. The summed E-state index contributed by atoms with van der Waals surface area (Å²) in [5.74, 6) is 0.848. The van der Waals surface area contributed by atoms with Crippen LogP contribution in [0, 0.1) is 0 Å². The van der Waals surface area contributed by atoms with E-state index in [2.05, 4.69) is 20.7 Å². The van der Waals surface area contributed by atoms with Crippen molar-refractivity contribution in [3.8, 4) is 17.1 Å². The first-order chi connectivity index (χ1) is 14.5. The minimum atomic E-state index is -0.233. The first kappa shape index (κ1) is 21.9. The molecule has 2 aromatic carbocycles. The standard InChI is InChI=1S/C21H22ClN5O2S/c1-3-18(14-7-11-17(28)12-8-14)23-24-19(29)13-30-21-26-25-20(27(21)4-2)15-5-9-16(22)10-6-15/h5-12,28H,3-4,13H2,1-2H3,(H,24,29)/b23-18-. The number of hydrogen-bond acceptors (Lipinski definition) is 6. The number of rotatable bonds is 8. The van der Waals surface area contributed by atoms with Gasteiger partial charge in [0, 0.05) is 17.1 Å². The van der Waals surface area contributed by atoms with Crippen LogP contribution in [0.4, 0.5) is 0 Å². The molecule has 0 spiro atoms. The van der Waals surface area contributed by atoms with Crippen LogP contribution in [0.2, 0.25) is 5.02 Å². The molecular formula is C21H22ClN5O2S. The van der Waals surface area contributed by atoms with Crippen LogP contribution in [0.3, 0.4) is 0 Å². The third-order valence-electron chi connectivity index (χ3n) is 4.32. The summed E-state index contributed by atoms with van der Waals surface area (Å²) in [5.41, 5.74) is 5.09. The first-order valence-corrected chi connectivity index (χ1v) is 10.8. The lowest BCUT2D eigenvalue weighted by molar-refractivity contribution is -0.118. The van der Waals surface area contributed by atoms with Crippen molar-refractivity contribution in [1.82, 2.24) is 20.2 Å². The molecule has 156 valence electrons. The largest absolute Gasteiger partial charge is 0.508 e. The van der Waals surface area contributed by atoms with Crippen molar-refractivity contribution in [3.05, 3.63) is 59.1 Å². The molecule has 0 radical (unpaired) electrons. The number of nitrogens with one attached hydrogen (secondary N) is 1. The minimum Gasteiger partial charge on any atom is -0.508 e. The molecule has 9 heteroatoms. The van der Waals surface area contributed by atoms with Gasteiger partial charge in [0.25, 0.3) is 5.91 Å². The molecule has 0 atom stereocenters. The molecule has 0 saturated heterocycles. The van der Waals surface area contributed by atoms with Crippen molar-refractivity contribution in [2.75, 3.05) is 5.75 Å². The predicted molar refractivity (Wildman–Crippen MR) is 120 cm³/mol. The fourth-order valence-electron chi connectivity index (χ4n) is 2.79. The van der Waals surface area contributed by atoms with Crippen molar-refractivity contribution >= 4 is 35.0 Å². The second-order valence-electron chi connectivity index (χ2n) is 6.34. The molecule has 0 fully saturated rings. The van der Waals surface area contributed by atoms with Crippen LogP contribution in [0.1, 0.15) is 25.8 Å². The Kier molecular flexibility index (Phi) is 7.48. The number of aromatic hydroxyl groups is 1. The third-order valence-corrected chi connectivity index (χ3v) is 5.54. The van der Waals surface area contributed by atoms with Crippen molar-refractivity contribution in [2.45, 2.75) is 32.0 Å². The van der Waals surface area contributed by atoms with Crippen LogP contribution in [-0.4, -0.2) is 37.2 Å². The fourth-order valence-corrected chi connectivity index (χ4v) is 3.71. The van der Waals surface area contributed by atoms with E-state index >= 15 is 0 Å². The van der Waals surface area contributed by atoms with Gasteiger partial charge in [0.1, 0.15) is 5.75 Å². The molecule has 3 aromatic rings. The first-order valence-electron chi connectivity index (χ1n) is 9.48. The van der Waals surface area contributed by atoms with E-state index in [4.69, 9.17) is 11.6 Å². The number of phenols is 1. The number of carbonyl (C=O) groups is 1. The van der Waals surface area contributed by atoms with Crippen molar-refractivity contribution in [3.63, 3.8) is 0 Å². The molecule has 0 saturated carbocycles. The molecular weight excluding hydrogens is 422 g/mol. The Morgan fingerprint density at radius 2 is 1.83 bits per heavy atom. The molecule has 0 aliphatic carbocycles. The highest BCUT2D eigenvalue weighted by Gasteiger charge is 2.14. The van der Waals surface area contributed by atoms with Crippen LogP contribution in [0.25, 0.3) is 11.4 Å². The second kappa shape index (κ2) is 10.3. The number of aromatic nitrogens is 3. The highest BCUT2D eigenvalue weighted by molar-refractivity contribution is 7.99. The minimum absolute atomic E-state index is 0.162. The van der Waals surface area contributed by atoms with Crippen LogP contribution >= 0.6 is 23.4 Å². The van der Waals surface area contributed by atoms with Gasteiger partial charge < -0.3 is 9.67 Å². The van der Waals surface area contributed by atoms with Gasteiger partial charge in [-0.25, -0.2) is 5.43 Å². The molecule has 7 nitrogen and oxygen atoms in total. The number of carbonyl (C=O) groups excluding carboxylic acids is 1. The zero-order valence-corrected chi connectivity index (χ0v) is 18.2. The van der Waals surface area contributed by atoms with Gasteiger partial charge in [-0.1, -0.05) is 30.3 Å². The Bertz CT molecular complexity index is 1030. The summed E-state index contributed by atoms with van der Waals surface area (Å²) in [6, 6.07) is 14.1. The fraction of sp³-hybridized carbons (Fsp3) is 0.238. The molecule has 0 aliphatic rings. The van der Waals surface area contributed by atoms with Gasteiger partial charge in [-0.15, -0.1) is 10.2 Å². The Morgan fingerprint density at radius 1 is 1.13 bits per heavy atom. The second-order valence-corrected chi connectivity index (χ2v) is 7.72. The van der Waals surface area contributed by atoms with E-state index in [1.54, 1.807) is 24.3 Å². The maximum absolute atomic E-state index is 12.3. The van der Waals surface area contributed by atoms with Crippen LogP contribution in [0.5, 0.6) is 5.75 Å². The molecule has 30 heavy (non-hydrogen) atoms. The molecule has 1 aromatic heterocycles. The summed E-state index contributed by atoms with van der Waals surface area (Å²) in [6.07, 6.45) is 0.646. The van der Waals surface area contributed by atoms with E-state index in [-0.39, 0.29) is 17.4 Å². The summed E-state index contributed by atoms with van der Waals surface area (Å²) in [4.78, 5) is 12.3. The number of thioether (sulfide) groups is 1. The van der Waals surface area contributed by atoms with Gasteiger partial charge in [-0.3, -0.25) is 4.79 Å². The lowest BCUT2D eigenvalue weighted by Gasteiger charge is -2.08.